The average molecular weight is 508 g/mol. The number of halogens is 2. The summed E-state index contributed by atoms with van der Waals surface area (Å²) in [4.78, 5) is 35.4. The summed E-state index contributed by atoms with van der Waals surface area (Å²) in [5.74, 6) is -1.94. The van der Waals surface area contributed by atoms with Crippen LogP contribution in [0.5, 0.6) is 11.5 Å². The number of hydrogen-bond acceptors (Lipinski definition) is 7. The first-order chi connectivity index (χ1) is 17.8. The molecule has 1 amide bonds. The molecule has 0 radical (unpaired) electrons. The van der Waals surface area contributed by atoms with E-state index >= 15 is 0 Å². The Morgan fingerprint density at radius 2 is 2.11 bits per heavy atom. The van der Waals surface area contributed by atoms with E-state index < -0.39 is 17.2 Å². The van der Waals surface area contributed by atoms with Gasteiger partial charge in [0.2, 0.25) is 11.9 Å². The second-order valence-corrected chi connectivity index (χ2v) is 8.63. The number of amides is 1. The van der Waals surface area contributed by atoms with Crippen LogP contribution in [0.3, 0.4) is 0 Å². The van der Waals surface area contributed by atoms with E-state index in [-0.39, 0.29) is 29.4 Å². The first-order valence-electron chi connectivity index (χ1n) is 11.5. The summed E-state index contributed by atoms with van der Waals surface area (Å²) in [6.07, 6.45) is 8.06. The molecule has 5 rings (SSSR count). The molecule has 0 bridgehead atoms. The van der Waals surface area contributed by atoms with E-state index in [4.69, 9.17) is 4.74 Å². The Balaban J connectivity index is 1.34. The van der Waals surface area contributed by atoms with Crippen molar-refractivity contribution in [3.05, 3.63) is 77.5 Å². The molecule has 1 atom stereocenters. The van der Waals surface area contributed by atoms with Crippen LogP contribution in [0.1, 0.15) is 12.8 Å². The molecule has 0 aliphatic carbocycles. The SMILES string of the molecule is C=CC(=O)N1CCCC1Cn1cc(Nc2ncc3cc(Oc4ccc(F)cc4F)c(=O)n(C)c3n2)cn1. The van der Waals surface area contributed by atoms with Crippen LogP contribution in [0, 0.1) is 11.6 Å². The van der Waals surface area contributed by atoms with Crippen LogP contribution < -0.4 is 15.6 Å². The van der Waals surface area contributed by atoms with Gasteiger partial charge in [-0.1, -0.05) is 6.58 Å². The fourth-order valence-electron chi connectivity index (χ4n) is 4.33. The van der Waals surface area contributed by atoms with Gasteiger partial charge in [0.15, 0.2) is 17.3 Å². The summed E-state index contributed by atoms with van der Waals surface area (Å²) in [7, 11) is 1.51. The van der Waals surface area contributed by atoms with Gasteiger partial charge < -0.3 is 15.0 Å². The smallest absolute Gasteiger partial charge is 0.294 e. The Morgan fingerprint density at radius 3 is 2.89 bits per heavy atom. The Labute approximate surface area is 209 Å². The van der Waals surface area contributed by atoms with Gasteiger partial charge in [0, 0.05) is 37.4 Å². The third kappa shape index (κ3) is 4.90. The lowest BCUT2D eigenvalue weighted by Gasteiger charge is -2.23. The predicted molar refractivity (Wildman–Crippen MR) is 132 cm³/mol. The number of nitrogens with one attached hydrogen (secondary N) is 1. The Bertz CT molecular complexity index is 1570. The number of hydrogen-bond donors (Lipinski definition) is 1. The Kier molecular flexibility index (Phi) is 6.38. The van der Waals surface area contributed by atoms with Gasteiger partial charge in [-0.25, -0.2) is 13.8 Å². The fourth-order valence-corrected chi connectivity index (χ4v) is 4.33. The minimum Gasteiger partial charge on any atom is -0.448 e. The van der Waals surface area contributed by atoms with E-state index in [9.17, 15) is 18.4 Å². The summed E-state index contributed by atoms with van der Waals surface area (Å²) < 4.78 is 35.6. The van der Waals surface area contributed by atoms with Gasteiger partial charge in [-0.3, -0.25) is 18.8 Å². The van der Waals surface area contributed by atoms with Crippen LogP contribution >= 0.6 is 0 Å². The number of rotatable bonds is 7. The number of likely N-dealkylation sites (tertiary alicyclic amines) is 1. The lowest BCUT2D eigenvalue weighted by Crippen LogP contribution is -2.37. The van der Waals surface area contributed by atoms with E-state index in [1.54, 1.807) is 22.0 Å². The van der Waals surface area contributed by atoms with E-state index in [1.807, 2.05) is 0 Å². The van der Waals surface area contributed by atoms with Crippen molar-refractivity contribution in [3.63, 3.8) is 0 Å². The lowest BCUT2D eigenvalue weighted by molar-refractivity contribution is -0.127. The zero-order valence-corrected chi connectivity index (χ0v) is 19.9. The molecule has 4 aromatic rings. The van der Waals surface area contributed by atoms with Gasteiger partial charge in [0.1, 0.15) is 11.5 Å². The maximum atomic E-state index is 14.0. The van der Waals surface area contributed by atoms with Crippen LogP contribution in [0.25, 0.3) is 11.0 Å². The van der Waals surface area contributed by atoms with Gasteiger partial charge in [0.05, 0.1) is 24.5 Å². The summed E-state index contributed by atoms with van der Waals surface area (Å²) in [6.45, 7) is 4.82. The van der Waals surface area contributed by atoms with Crippen LogP contribution in [0.15, 0.2) is 60.3 Å². The summed E-state index contributed by atoms with van der Waals surface area (Å²) in [5.41, 5.74) is 0.408. The third-order valence-electron chi connectivity index (χ3n) is 6.15. The third-order valence-corrected chi connectivity index (χ3v) is 6.15. The van der Waals surface area contributed by atoms with E-state index in [2.05, 4.69) is 27.0 Å². The van der Waals surface area contributed by atoms with Crippen molar-refractivity contribution in [2.75, 3.05) is 11.9 Å². The molecular weight excluding hydrogens is 484 g/mol. The molecule has 1 aliphatic heterocycles. The maximum absolute atomic E-state index is 14.0. The number of benzene rings is 1. The van der Waals surface area contributed by atoms with Crippen LogP contribution in [0.4, 0.5) is 20.4 Å². The average Bonchev–Trinajstić information content (AvgIpc) is 3.53. The molecule has 1 fully saturated rings. The van der Waals surface area contributed by atoms with Gasteiger partial charge in [-0.15, -0.1) is 0 Å². The van der Waals surface area contributed by atoms with E-state index in [1.165, 1.54) is 30.0 Å². The second-order valence-electron chi connectivity index (χ2n) is 8.63. The van der Waals surface area contributed by atoms with Gasteiger partial charge >= 0.3 is 0 Å². The van der Waals surface area contributed by atoms with Crippen molar-refractivity contribution in [2.45, 2.75) is 25.4 Å². The molecule has 1 aliphatic rings. The molecule has 4 heterocycles. The summed E-state index contributed by atoms with van der Waals surface area (Å²) in [6, 6.07) is 4.27. The van der Waals surface area contributed by atoms with Gasteiger partial charge in [-0.2, -0.15) is 10.1 Å². The van der Waals surface area contributed by atoms with Gasteiger partial charge in [-0.05, 0) is 37.1 Å². The Morgan fingerprint density at radius 1 is 1.27 bits per heavy atom. The maximum Gasteiger partial charge on any atom is 0.294 e. The number of pyridine rings is 1. The number of carbonyl (C=O) groups is 1. The number of anilines is 2. The summed E-state index contributed by atoms with van der Waals surface area (Å²) in [5, 5.41) is 7.91. The van der Waals surface area contributed by atoms with E-state index in [0.29, 0.717) is 35.9 Å². The highest BCUT2D eigenvalue weighted by Crippen LogP contribution is 2.25. The first kappa shape index (κ1) is 24.1. The number of ether oxygens (including phenoxy) is 1. The molecule has 0 spiro atoms. The largest absolute Gasteiger partial charge is 0.448 e. The van der Waals surface area contributed by atoms with Crippen molar-refractivity contribution < 1.29 is 18.3 Å². The molecule has 0 saturated carbocycles. The van der Waals surface area contributed by atoms with Crippen LogP contribution in [-0.2, 0) is 18.4 Å². The fraction of sp³-hybridized carbons (Fsp3) is 0.240. The van der Waals surface area contributed by atoms with Crippen molar-refractivity contribution in [2.24, 2.45) is 7.05 Å². The highest BCUT2D eigenvalue weighted by Gasteiger charge is 2.27. The van der Waals surface area contributed by atoms with Gasteiger partial charge in [0.25, 0.3) is 5.56 Å². The molecule has 3 aromatic heterocycles. The van der Waals surface area contributed by atoms with E-state index in [0.717, 1.165) is 25.0 Å². The topological polar surface area (TPSA) is 107 Å². The predicted octanol–water partition coefficient (Wildman–Crippen LogP) is 3.52. The zero-order valence-electron chi connectivity index (χ0n) is 19.9. The molecule has 10 nitrogen and oxygen atoms in total. The Hall–Kier alpha value is -4.61. The molecule has 190 valence electrons. The minimum absolute atomic E-state index is 0.0458. The number of aryl methyl sites for hydroxylation is 1. The van der Waals surface area contributed by atoms with Crippen LogP contribution in [-0.4, -0.2) is 47.7 Å². The standard InChI is InChI=1S/C25H23F2N7O3/c1-3-22(35)34-8-4-5-18(34)14-33-13-17(12-29-33)30-25-28-11-15-9-21(24(36)32(2)23(15)31-25)37-20-7-6-16(26)10-19(20)27/h3,6-7,9-13,18H,1,4-5,8,14H2,2H3,(H,28,30,31). The molecule has 1 N–H and O–H groups in total. The molecule has 1 saturated heterocycles. The van der Waals surface area contributed by atoms with Crippen molar-refractivity contribution in [1.82, 2.24) is 29.2 Å². The summed E-state index contributed by atoms with van der Waals surface area (Å²) >= 11 is 0. The van der Waals surface area contributed by atoms with Crippen molar-refractivity contribution in [3.8, 4) is 11.5 Å². The lowest BCUT2D eigenvalue weighted by atomic mass is 10.2. The quantitative estimate of drug-likeness (QED) is 0.382. The van der Waals surface area contributed by atoms with Crippen molar-refractivity contribution in [1.29, 1.82) is 0 Å². The zero-order chi connectivity index (χ0) is 26.1. The molecule has 1 aromatic carbocycles. The number of carbonyl (C=O) groups excluding carboxylic acids is 1. The van der Waals surface area contributed by atoms with Crippen molar-refractivity contribution >= 4 is 28.6 Å². The highest BCUT2D eigenvalue weighted by molar-refractivity contribution is 5.87. The highest BCUT2D eigenvalue weighted by atomic mass is 19.1. The molecular formula is C25H23F2N7O3. The molecule has 37 heavy (non-hydrogen) atoms. The normalized spacial score (nSPS) is 15.2. The number of fused-ring (bicyclic) bond motifs is 1. The molecule has 12 heteroatoms. The molecule has 1 unspecified atom stereocenters. The minimum atomic E-state index is -0.925. The first-order valence-corrected chi connectivity index (χ1v) is 11.5. The second kappa shape index (κ2) is 9.80. The number of aromatic nitrogens is 5. The number of nitrogens with zero attached hydrogens (tertiary/aromatic N) is 6. The monoisotopic (exact) mass is 507 g/mol. The van der Waals surface area contributed by atoms with Crippen LogP contribution in [0.2, 0.25) is 0 Å².